The number of carbonyl (C=O) groups is 3. The smallest absolute Gasteiger partial charge is 0.311 e. The first kappa shape index (κ1) is 19.9. The van der Waals surface area contributed by atoms with Gasteiger partial charge >= 0.3 is 5.97 Å². The van der Waals surface area contributed by atoms with Crippen LogP contribution in [0.1, 0.15) is 17.5 Å². The number of anilines is 2. The highest BCUT2D eigenvalue weighted by atomic mass is 35.5. The van der Waals surface area contributed by atoms with Crippen LogP contribution in [0.4, 0.5) is 11.4 Å². The third-order valence-electron chi connectivity index (χ3n) is 4.62. The molecule has 0 unspecified atom stereocenters. The average molecular weight is 401 g/mol. The molecule has 2 aromatic carbocycles. The molecule has 1 aliphatic rings. The second kappa shape index (κ2) is 8.44. The molecule has 2 aromatic rings. The van der Waals surface area contributed by atoms with Gasteiger partial charge in [-0.25, -0.2) is 0 Å². The van der Waals surface area contributed by atoms with Crippen molar-refractivity contribution >= 4 is 40.8 Å². The number of nitrogens with zero attached hydrogens (tertiary/aromatic N) is 1. The molecule has 0 saturated carbocycles. The highest BCUT2D eigenvalue weighted by molar-refractivity contribution is 6.30. The summed E-state index contributed by atoms with van der Waals surface area (Å²) in [6.45, 7) is 3.70. The van der Waals surface area contributed by atoms with Gasteiger partial charge in [-0.1, -0.05) is 35.9 Å². The number of halogens is 1. The Kier molecular flexibility index (Phi) is 5.99. The molecule has 1 N–H and O–H groups in total. The van der Waals surface area contributed by atoms with Crippen LogP contribution in [0.25, 0.3) is 0 Å². The Balaban J connectivity index is 1.57. The molecule has 1 saturated heterocycles. The van der Waals surface area contributed by atoms with E-state index in [0.717, 1.165) is 16.8 Å². The number of esters is 1. The van der Waals surface area contributed by atoms with Gasteiger partial charge in [0, 0.05) is 29.4 Å². The van der Waals surface area contributed by atoms with Crippen LogP contribution in [-0.2, 0) is 19.1 Å². The molecular weight excluding hydrogens is 380 g/mol. The minimum atomic E-state index is -0.592. The quantitative estimate of drug-likeness (QED) is 0.779. The Morgan fingerprint density at radius 3 is 2.54 bits per heavy atom. The molecule has 0 bridgehead atoms. The van der Waals surface area contributed by atoms with Crippen molar-refractivity contribution in [3.8, 4) is 0 Å². The van der Waals surface area contributed by atoms with Crippen molar-refractivity contribution in [2.24, 2.45) is 5.92 Å². The number of aryl methyl sites for hydroxylation is 2. The van der Waals surface area contributed by atoms with Crippen molar-refractivity contribution in [3.05, 3.63) is 58.6 Å². The number of rotatable bonds is 5. The van der Waals surface area contributed by atoms with Crippen LogP contribution in [0.3, 0.4) is 0 Å². The summed E-state index contributed by atoms with van der Waals surface area (Å²) in [4.78, 5) is 38.4. The summed E-state index contributed by atoms with van der Waals surface area (Å²) >= 11 is 5.87. The second-order valence-electron chi connectivity index (χ2n) is 6.81. The molecule has 1 aliphatic heterocycles. The van der Waals surface area contributed by atoms with Gasteiger partial charge in [-0.05, 0) is 43.2 Å². The minimum absolute atomic E-state index is 0.0719. The van der Waals surface area contributed by atoms with Gasteiger partial charge in [0.25, 0.3) is 5.91 Å². The highest BCUT2D eigenvalue weighted by Gasteiger charge is 2.37. The molecule has 3 rings (SSSR count). The lowest BCUT2D eigenvalue weighted by atomic mass is 10.1. The van der Waals surface area contributed by atoms with Gasteiger partial charge in [0.15, 0.2) is 6.61 Å². The fourth-order valence-corrected chi connectivity index (χ4v) is 3.52. The molecule has 6 nitrogen and oxygen atoms in total. The Hall–Kier alpha value is -2.86. The normalized spacial score (nSPS) is 16.2. The number of benzene rings is 2. The van der Waals surface area contributed by atoms with Crippen molar-refractivity contribution in [2.45, 2.75) is 20.3 Å². The Labute approximate surface area is 168 Å². The molecule has 1 fully saturated rings. The maximum absolute atomic E-state index is 12.4. The van der Waals surface area contributed by atoms with E-state index in [1.807, 2.05) is 32.0 Å². The largest absolute Gasteiger partial charge is 0.455 e. The van der Waals surface area contributed by atoms with E-state index < -0.39 is 24.4 Å². The molecular formula is C21H21ClN2O4. The van der Waals surface area contributed by atoms with Crippen LogP contribution < -0.4 is 10.2 Å². The molecule has 0 aliphatic carbocycles. The lowest BCUT2D eigenvalue weighted by molar-refractivity contribution is -0.151. The van der Waals surface area contributed by atoms with Crippen molar-refractivity contribution in [1.82, 2.24) is 0 Å². The zero-order chi connectivity index (χ0) is 20.3. The van der Waals surface area contributed by atoms with Crippen LogP contribution in [0.5, 0.6) is 0 Å². The van der Waals surface area contributed by atoms with E-state index in [1.165, 1.54) is 0 Å². The Morgan fingerprint density at radius 1 is 1.18 bits per heavy atom. The van der Waals surface area contributed by atoms with E-state index in [1.54, 1.807) is 29.2 Å². The SMILES string of the molecule is Cc1cccc(C)c1N1C[C@@H](C(=O)OCC(=O)Nc2cccc(Cl)c2)CC1=O. The molecule has 7 heteroatoms. The van der Waals surface area contributed by atoms with E-state index in [0.29, 0.717) is 10.7 Å². The highest BCUT2D eigenvalue weighted by Crippen LogP contribution is 2.31. The summed E-state index contributed by atoms with van der Waals surface area (Å²) in [7, 11) is 0. The first-order valence-electron chi connectivity index (χ1n) is 8.94. The summed E-state index contributed by atoms with van der Waals surface area (Å²) in [5.41, 5.74) is 3.30. The van der Waals surface area contributed by atoms with Crippen LogP contribution in [0, 0.1) is 19.8 Å². The molecule has 1 heterocycles. The van der Waals surface area contributed by atoms with E-state index in [9.17, 15) is 14.4 Å². The van der Waals surface area contributed by atoms with Crippen LogP contribution in [0.15, 0.2) is 42.5 Å². The summed E-state index contributed by atoms with van der Waals surface area (Å²) in [5, 5.41) is 3.10. The molecule has 146 valence electrons. The third kappa shape index (κ3) is 4.51. The standard InChI is InChI=1S/C21H21ClN2O4/c1-13-5-3-6-14(2)20(13)24-11-15(9-19(24)26)21(27)28-12-18(25)23-17-8-4-7-16(22)10-17/h3-8,10,15H,9,11-12H2,1-2H3,(H,23,25)/t15-/m0/s1. The topological polar surface area (TPSA) is 75.7 Å². The van der Waals surface area contributed by atoms with Gasteiger partial charge in [0.1, 0.15) is 0 Å². The first-order valence-corrected chi connectivity index (χ1v) is 9.31. The summed E-state index contributed by atoms with van der Waals surface area (Å²) in [5.74, 6) is -1.73. The van der Waals surface area contributed by atoms with Crippen LogP contribution in [-0.4, -0.2) is 30.9 Å². The molecule has 1 atom stereocenters. The van der Waals surface area contributed by atoms with Gasteiger partial charge < -0.3 is 15.0 Å². The van der Waals surface area contributed by atoms with Gasteiger partial charge in [-0.2, -0.15) is 0 Å². The van der Waals surface area contributed by atoms with E-state index in [2.05, 4.69) is 5.32 Å². The number of ether oxygens (including phenoxy) is 1. The molecule has 2 amide bonds. The summed E-state index contributed by atoms with van der Waals surface area (Å²) in [6.07, 6.45) is 0.0719. The summed E-state index contributed by atoms with van der Waals surface area (Å²) in [6, 6.07) is 12.5. The Bertz CT molecular complexity index is 908. The van der Waals surface area contributed by atoms with Gasteiger partial charge in [0.05, 0.1) is 5.92 Å². The molecule has 28 heavy (non-hydrogen) atoms. The predicted molar refractivity (Wildman–Crippen MR) is 107 cm³/mol. The fraction of sp³-hybridized carbons (Fsp3) is 0.286. The zero-order valence-electron chi connectivity index (χ0n) is 15.7. The molecule has 0 aromatic heterocycles. The number of hydrogen-bond donors (Lipinski definition) is 1. The van der Waals surface area contributed by atoms with Gasteiger partial charge in [-0.3, -0.25) is 14.4 Å². The van der Waals surface area contributed by atoms with Crippen LogP contribution >= 0.6 is 11.6 Å². The van der Waals surface area contributed by atoms with Crippen molar-refractivity contribution < 1.29 is 19.1 Å². The van der Waals surface area contributed by atoms with Gasteiger partial charge in [0.2, 0.25) is 5.91 Å². The minimum Gasteiger partial charge on any atom is -0.455 e. The number of amides is 2. The fourth-order valence-electron chi connectivity index (χ4n) is 3.33. The number of para-hydroxylation sites is 1. The van der Waals surface area contributed by atoms with Gasteiger partial charge in [-0.15, -0.1) is 0 Å². The van der Waals surface area contributed by atoms with E-state index in [4.69, 9.17) is 16.3 Å². The average Bonchev–Trinajstić information content (AvgIpc) is 3.01. The molecule has 0 spiro atoms. The second-order valence-corrected chi connectivity index (χ2v) is 7.25. The first-order chi connectivity index (χ1) is 13.3. The zero-order valence-corrected chi connectivity index (χ0v) is 16.5. The number of carbonyl (C=O) groups excluding carboxylic acids is 3. The van der Waals surface area contributed by atoms with E-state index >= 15 is 0 Å². The molecule has 0 radical (unpaired) electrons. The lowest BCUT2D eigenvalue weighted by Gasteiger charge is -2.21. The summed E-state index contributed by atoms with van der Waals surface area (Å²) < 4.78 is 5.12. The monoisotopic (exact) mass is 400 g/mol. The van der Waals surface area contributed by atoms with Crippen LogP contribution in [0.2, 0.25) is 5.02 Å². The lowest BCUT2D eigenvalue weighted by Crippen LogP contribution is -2.29. The van der Waals surface area contributed by atoms with Crippen molar-refractivity contribution in [3.63, 3.8) is 0 Å². The van der Waals surface area contributed by atoms with Crippen molar-refractivity contribution in [1.29, 1.82) is 0 Å². The Morgan fingerprint density at radius 2 is 1.86 bits per heavy atom. The maximum Gasteiger partial charge on any atom is 0.311 e. The maximum atomic E-state index is 12.4. The predicted octanol–water partition coefficient (Wildman–Crippen LogP) is 3.49. The number of hydrogen-bond acceptors (Lipinski definition) is 4. The van der Waals surface area contributed by atoms with Crippen molar-refractivity contribution in [2.75, 3.05) is 23.4 Å². The number of nitrogens with one attached hydrogen (secondary N) is 1. The van der Waals surface area contributed by atoms with E-state index in [-0.39, 0.29) is 18.9 Å². The third-order valence-corrected chi connectivity index (χ3v) is 4.86.